The van der Waals surface area contributed by atoms with Gasteiger partial charge < -0.3 is 14.0 Å². The van der Waals surface area contributed by atoms with Gasteiger partial charge in [0.05, 0.1) is 25.7 Å². The van der Waals surface area contributed by atoms with Gasteiger partial charge in [-0.05, 0) is 42.0 Å². The van der Waals surface area contributed by atoms with Gasteiger partial charge in [-0.1, -0.05) is 19.1 Å². The van der Waals surface area contributed by atoms with Crippen LogP contribution in [0, 0.1) is 0 Å². The SMILES string of the molecule is CCN(Cc1nccn1Cc1cccc(OC)c1)S(=O)(=O)c1ccc(OC)cc1. The fourth-order valence-corrected chi connectivity index (χ4v) is 4.43. The van der Waals surface area contributed by atoms with Gasteiger partial charge in [-0.25, -0.2) is 13.4 Å². The Bertz CT molecular complexity index is 1050. The monoisotopic (exact) mass is 415 g/mol. The van der Waals surface area contributed by atoms with Crippen molar-refractivity contribution in [2.24, 2.45) is 0 Å². The van der Waals surface area contributed by atoms with Crippen LogP contribution in [0.3, 0.4) is 0 Å². The van der Waals surface area contributed by atoms with Crippen LogP contribution < -0.4 is 9.47 Å². The van der Waals surface area contributed by atoms with Crippen LogP contribution in [0.2, 0.25) is 0 Å². The zero-order chi connectivity index (χ0) is 20.9. The predicted octanol–water partition coefficient (Wildman–Crippen LogP) is 3.16. The summed E-state index contributed by atoms with van der Waals surface area (Å²) >= 11 is 0. The van der Waals surface area contributed by atoms with Crippen molar-refractivity contribution in [3.05, 3.63) is 72.3 Å². The van der Waals surface area contributed by atoms with E-state index in [1.807, 2.05) is 42.0 Å². The van der Waals surface area contributed by atoms with E-state index >= 15 is 0 Å². The Morgan fingerprint density at radius 1 is 1.03 bits per heavy atom. The van der Waals surface area contributed by atoms with Crippen LogP contribution >= 0.6 is 0 Å². The third-order valence-corrected chi connectivity index (χ3v) is 6.59. The van der Waals surface area contributed by atoms with Crippen molar-refractivity contribution >= 4 is 10.0 Å². The molecule has 154 valence electrons. The van der Waals surface area contributed by atoms with E-state index in [0.717, 1.165) is 11.3 Å². The van der Waals surface area contributed by atoms with Crippen LogP contribution in [-0.4, -0.2) is 43.0 Å². The maximum Gasteiger partial charge on any atom is 0.243 e. The third-order valence-electron chi connectivity index (χ3n) is 4.66. The van der Waals surface area contributed by atoms with Crippen LogP contribution in [0.4, 0.5) is 0 Å². The Balaban J connectivity index is 1.81. The van der Waals surface area contributed by atoms with Crippen LogP contribution in [0.5, 0.6) is 11.5 Å². The lowest BCUT2D eigenvalue weighted by Gasteiger charge is -2.21. The number of imidazole rings is 1. The first-order valence-corrected chi connectivity index (χ1v) is 10.7. The van der Waals surface area contributed by atoms with Crippen molar-refractivity contribution in [2.45, 2.75) is 24.9 Å². The van der Waals surface area contributed by atoms with E-state index in [0.29, 0.717) is 24.7 Å². The van der Waals surface area contributed by atoms with Gasteiger partial charge in [0.15, 0.2) is 0 Å². The molecular formula is C21H25N3O4S. The summed E-state index contributed by atoms with van der Waals surface area (Å²) in [5, 5.41) is 0. The number of hydrogen-bond donors (Lipinski definition) is 0. The molecule has 3 rings (SSSR count). The van der Waals surface area contributed by atoms with Crippen LogP contribution in [0.15, 0.2) is 65.8 Å². The lowest BCUT2D eigenvalue weighted by Crippen LogP contribution is -2.31. The number of nitrogens with zero attached hydrogens (tertiary/aromatic N) is 3. The third kappa shape index (κ3) is 4.78. The highest BCUT2D eigenvalue weighted by Crippen LogP contribution is 2.21. The van der Waals surface area contributed by atoms with E-state index in [1.165, 1.54) is 4.31 Å². The average molecular weight is 416 g/mol. The number of sulfonamides is 1. The molecule has 0 radical (unpaired) electrons. The second-order valence-corrected chi connectivity index (χ2v) is 8.37. The summed E-state index contributed by atoms with van der Waals surface area (Å²) in [7, 11) is -0.473. The summed E-state index contributed by atoms with van der Waals surface area (Å²) < 4.78 is 39.9. The highest BCUT2D eigenvalue weighted by atomic mass is 32.2. The van der Waals surface area contributed by atoms with E-state index in [4.69, 9.17) is 9.47 Å². The normalized spacial score (nSPS) is 11.6. The zero-order valence-corrected chi connectivity index (χ0v) is 17.6. The summed E-state index contributed by atoms with van der Waals surface area (Å²) in [6, 6.07) is 14.2. The fraction of sp³-hybridized carbons (Fsp3) is 0.286. The molecule has 0 atom stereocenters. The molecule has 0 saturated heterocycles. The zero-order valence-electron chi connectivity index (χ0n) is 16.8. The van der Waals surface area contributed by atoms with E-state index < -0.39 is 10.0 Å². The molecule has 0 aliphatic carbocycles. The molecule has 0 bridgehead atoms. The van der Waals surface area contributed by atoms with E-state index in [1.54, 1.807) is 44.7 Å². The number of hydrogen-bond acceptors (Lipinski definition) is 5. The molecule has 0 fully saturated rings. The van der Waals surface area contributed by atoms with Gasteiger partial charge in [-0.15, -0.1) is 0 Å². The largest absolute Gasteiger partial charge is 0.497 e. The topological polar surface area (TPSA) is 73.7 Å². The molecule has 0 aliphatic rings. The molecule has 1 aromatic heterocycles. The maximum atomic E-state index is 13.1. The van der Waals surface area contributed by atoms with Gasteiger partial charge in [0.1, 0.15) is 17.3 Å². The Morgan fingerprint density at radius 2 is 1.76 bits per heavy atom. The second-order valence-electron chi connectivity index (χ2n) is 6.43. The predicted molar refractivity (Wildman–Crippen MR) is 111 cm³/mol. The summed E-state index contributed by atoms with van der Waals surface area (Å²) in [5.74, 6) is 2.06. The lowest BCUT2D eigenvalue weighted by molar-refractivity contribution is 0.405. The van der Waals surface area contributed by atoms with Gasteiger partial charge in [0, 0.05) is 25.5 Å². The minimum atomic E-state index is -3.65. The highest BCUT2D eigenvalue weighted by molar-refractivity contribution is 7.89. The van der Waals surface area contributed by atoms with E-state index in [9.17, 15) is 8.42 Å². The molecule has 7 nitrogen and oxygen atoms in total. The Morgan fingerprint density at radius 3 is 2.41 bits per heavy atom. The molecule has 0 spiro atoms. The molecule has 29 heavy (non-hydrogen) atoms. The van der Waals surface area contributed by atoms with Crippen molar-refractivity contribution < 1.29 is 17.9 Å². The number of ether oxygens (including phenoxy) is 2. The molecule has 8 heteroatoms. The molecule has 0 unspecified atom stereocenters. The van der Waals surface area contributed by atoms with Crippen LogP contribution in [0.1, 0.15) is 18.3 Å². The van der Waals surface area contributed by atoms with E-state index in [-0.39, 0.29) is 11.4 Å². The van der Waals surface area contributed by atoms with Gasteiger partial charge in [0.25, 0.3) is 0 Å². The van der Waals surface area contributed by atoms with E-state index in [2.05, 4.69) is 4.98 Å². The quantitative estimate of drug-likeness (QED) is 0.537. The highest BCUT2D eigenvalue weighted by Gasteiger charge is 2.24. The first-order valence-electron chi connectivity index (χ1n) is 9.25. The molecule has 0 saturated carbocycles. The Kier molecular flexibility index (Phi) is 6.56. The number of methoxy groups -OCH3 is 2. The number of benzene rings is 2. The van der Waals surface area contributed by atoms with Gasteiger partial charge in [-0.2, -0.15) is 4.31 Å². The number of rotatable bonds is 9. The molecule has 1 heterocycles. The molecule has 0 N–H and O–H groups in total. The number of aromatic nitrogens is 2. The maximum absolute atomic E-state index is 13.1. The summed E-state index contributed by atoms with van der Waals surface area (Å²) in [4.78, 5) is 4.61. The fourth-order valence-electron chi connectivity index (χ4n) is 3.02. The smallest absolute Gasteiger partial charge is 0.243 e. The second kappa shape index (κ2) is 9.11. The summed E-state index contributed by atoms with van der Waals surface area (Å²) in [6.45, 7) is 2.91. The van der Waals surface area contributed by atoms with Crippen LogP contribution in [0.25, 0.3) is 0 Å². The van der Waals surface area contributed by atoms with Crippen molar-refractivity contribution in [3.63, 3.8) is 0 Å². The minimum absolute atomic E-state index is 0.182. The van der Waals surface area contributed by atoms with Gasteiger partial charge >= 0.3 is 0 Å². The molecule has 0 amide bonds. The molecule has 0 aliphatic heterocycles. The van der Waals surface area contributed by atoms with Gasteiger partial charge in [0.2, 0.25) is 10.0 Å². The first kappa shape index (κ1) is 20.9. The molecule has 2 aromatic carbocycles. The first-order chi connectivity index (χ1) is 14.0. The molecule has 3 aromatic rings. The Labute approximate surface area is 171 Å². The van der Waals surface area contributed by atoms with Crippen LogP contribution in [-0.2, 0) is 23.1 Å². The minimum Gasteiger partial charge on any atom is -0.497 e. The lowest BCUT2D eigenvalue weighted by atomic mass is 10.2. The van der Waals surface area contributed by atoms with Crippen molar-refractivity contribution in [2.75, 3.05) is 20.8 Å². The van der Waals surface area contributed by atoms with Crippen molar-refractivity contribution in [1.82, 2.24) is 13.9 Å². The van der Waals surface area contributed by atoms with Crippen molar-refractivity contribution in [3.8, 4) is 11.5 Å². The summed E-state index contributed by atoms with van der Waals surface area (Å²) in [6.07, 6.45) is 3.53. The standard InChI is InChI=1S/C21H25N3O4S/c1-4-24(29(25,26)20-10-8-18(27-2)9-11-20)16-21-22-12-13-23(21)15-17-6-5-7-19(14-17)28-3/h5-14H,4,15-16H2,1-3H3. The van der Waals surface area contributed by atoms with Crippen molar-refractivity contribution in [1.29, 1.82) is 0 Å². The van der Waals surface area contributed by atoms with Gasteiger partial charge in [-0.3, -0.25) is 0 Å². The molecular weight excluding hydrogens is 390 g/mol. The Hall–Kier alpha value is -2.84. The average Bonchev–Trinajstić information content (AvgIpc) is 3.18. The summed E-state index contributed by atoms with van der Waals surface area (Å²) in [5.41, 5.74) is 1.05.